The van der Waals surface area contributed by atoms with Gasteiger partial charge in [0.05, 0.1) is 32.6 Å². The van der Waals surface area contributed by atoms with Crippen LogP contribution in [0.2, 0.25) is 0 Å². The van der Waals surface area contributed by atoms with Crippen molar-refractivity contribution in [1.29, 1.82) is 0 Å². The third kappa shape index (κ3) is 5.38. The number of aromatic nitrogens is 1. The lowest BCUT2D eigenvalue weighted by molar-refractivity contribution is -0.134. The molecular formula is C27H27FN4O7. The molecule has 3 aliphatic heterocycles. The number of ketones is 2. The van der Waals surface area contributed by atoms with Gasteiger partial charge in [-0.3, -0.25) is 24.2 Å². The predicted molar refractivity (Wildman–Crippen MR) is 135 cm³/mol. The second kappa shape index (κ2) is 11.3. The van der Waals surface area contributed by atoms with E-state index in [9.17, 15) is 23.6 Å². The van der Waals surface area contributed by atoms with Crippen LogP contribution in [0.25, 0.3) is 0 Å². The third-order valence-corrected chi connectivity index (χ3v) is 6.68. The maximum atomic E-state index is 13.5. The summed E-state index contributed by atoms with van der Waals surface area (Å²) in [7, 11) is 1.47. The maximum absolute atomic E-state index is 13.5. The first-order valence-electron chi connectivity index (χ1n) is 12.5. The van der Waals surface area contributed by atoms with Gasteiger partial charge in [0.2, 0.25) is 17.4 Å². The molecule has 1 atom stereocenters. The molecule has 12 heteroatoms. The Hall–Kier alpha value is -4.16. The molecule has 5 rings (SSSR count). The highest BCUT2D eigenvalue weighted by Crippen LogP contribution is 2.42. The SMILES string of the molecule is COCCNC(=O)C1C(=O)CN2C=C(C(=O)N3CCOCC3)Oc3c(Cc4ccc(F)cc4)cnc(c32)C1=O. The van der Waals surface area contributed by atoms with Crippen molar-refractivity contribution in [3.8, 4) is 5.75 Å². The van der Waals surface area contributed by atoms with Gasteiger partial charge >= 0.3 is 0 Å². The Kier molecular flexibility index (Phi) is 7.66. The molecule has 1 N–H and O–H groups in total. The second-order valence-corrected chi connectivity index (χ2v) is 9.29. The summed E-state index contributed by atoms with van der Waals surface area (Å²) in [6.45, 7) is 1.50. The second-order valence-electron chi connectivity index (χ2n) is 9.29. The number of Topliss-reactive ketones (excluding diaryl/α,β-unsaturated/α-hetero) is 2. The fourth-order valence-corrected chi connectivity index (χ4v) is 4.70. The largest absolute Gasteiger partial charge is 0.447 e. The molecule has 0 aliphatic carbocycles. The van der Waals surface area contributed by atoms with E-state index in [1.165, 1.54) is 36.5 Å². The maximum Gasteiger partial charge on any atom is 0.291 e. The summed E-state index contributed by atoms with van der Waals surface area (Å²) in [6.07, 6.45) is 3.06. The molecule has 4 heterocycles. The van der Waals surface area contributed by atoms with Gasteiger partial charge in [0.25, 0.3) is 5.91 Å². The number of halogens is 1. The van der Waals surface area contributed by atoms with Crippen LogP contribution in [0.15, 0.2) is 42.4 Å². The van der Waals surface area contributed by atoms with Crippen molar-refractivity contribution >= 4 is 29.1 Å². The van der Waals surface area contributed by atoms with Crippen LogP contribution in [-0.4, -0.2) is 86.4 Å². The normalized spacial score (nSPS) is 18.6. The number of morpholine rings is 1. The van der Waals surface area contributed by atoms with E-state index < -0.39 is 29.3 Å². The minimum Gasteiger partial charge on any atom is -0.447 e. The summed E-state index contributed by atoms with van der Waals surface area (Å²) in [5.74, 6) is -4.40. The standard InChI is InChI=1S/C27H27FN4O7/c1-37-9-6-29-26(35)21-19(33)14-32-15-20(27(36)31-7-10-38-11-8-31)39-25-17(12-16-2-4-18(28)5-3-16)13-30-22(23(25)32)24(21)34/h2-5,13,15,21H,6-12,14H2,1H3,(H,29,35). The molecule has 1 unspecified atom stereocenters. The van der Waals surface area contributed by atoms with E-state index in [0.717, 1.165) is 5.56 Å². The lowest BCUT2D eigenvalue weighted by atomic mass is 9.95. The molecule has 39 heavy (non-hydrogen) atoms. The number of nitrogens with one attached hydrogen (secondary N) is 1. The Morgan fingerprint density at radius 3 is 2.64 bits per heavy atom. The Labute approximate surface area is 223 Å². The van der Waals surface area contributed by atoms with Gasteiger partial charge in [0.15, 0.2) is 17.5 Å². The number of hydrogen-bond donors (Lipinski definition) is 1. The molecule has 1 aromatic carbocycles. The molecule has 3 aliphatic rings. The summed E-state index contributed by atoms with van der Waals surface area (Å²) < 4.78 is 29.9. The van der Waals surface area contributed by atoms with Crippen molar-refractivity contribution in [3.05, 3.63) is 65.1 Å². The Balaban J connectivity index is 1.55. The third-order valence-electron chi connectivity index (χ3n) is 6.68. The van der Waals surface area contributed by atoms with Crippen molar-refractivity contribution in [1.82, 2.24) is 15.2 Å². The number of hydrogen-bond acceptors (Lipinski definition) is 9. The van der Waals surface area contributed by atoms with Crippen LogP contribution >= 0.6 is 0 Å². The van der Waals surface area contributed by atoms with Crippen LogP contribution in [0.3, 0.4) is 0 Å². The van der Waals surface area contributed by atoms with E-state index in [4.69, 9.17) is 14.2 Å². The van der Waals surface area contributed by atoms with Gasteiger partial charge in [-0.2, -0.15) is 0 Å². The van der Waals surface area contributed by atoms with Crippen LogP contribution in [0, 0.1) is 11.7 Å². The van der Waals surface area contributed by atoms with Gasteiger partial charge in [-0.15, -0.1) is 0 Å². The molecule has 1 fully saturated rings. The number of carbonyl (C=O) groups excluding carboxylic acids is 4. The number of ether oxygens (including phenoxy) is 3. The number of amides is 2. The average molecular weight is 539 g/mol. The number of benzene rings is 1. The van der Waals surface area contributed by atoms with Crippen LogP contribution in [0.5, 0.6) is 5.75 Å². The fraction of sp³-hybridized carbons (Fsp3) is 0.370. The lowest BCUT2D eigenvalue weighted by Crippen LogP contribution is -2.44. The van der Waals surface area contributed by atoms with E-state index in [-0.39, 0.29) is 54.8 Å². The topological polar surface area (TPSA) is 127 Å². The monoisotopic (exact) mass is 538 g/mol. The highest BCUT2D eigenvalue weighted by molar-refractivity contribution is 6.27. The van der Waals surface area contributed by atoms with Gasteiger partial charge < -0.3 is 29.3 Å². The first-order valence-corrected chi connectivity index (χ1v) is 12.5. The molecule has 204 valence electrons. The first-order chi connectivity index (χ1) is 18.9. The molecule has 0 radical (unpaired) electrons. The van der Waals surface area contributed by atoms with Crippen LogP contribution < -0.4 is 15.0 Å². The van der Waals surface area contributed by atoms with Crippen molar-refractivity contribution in [2.24, 2.45) is 5.92 Å². The zero-order valence-electron chi connectivity index (χ0n) is 21.3. The van der Waals surface area contributed by atoms with E-state index in [0.29, 0.717) is 31.9 Å². The Morgan fingerprint density at radius 1 is 1.18 bits per heavy atom. The molecule has 2 amide bonds. The van der Waals surface area contributed by atoms with Gasteiger partial charge in [-0.05, 0) is 17.7 Å². The van der Waals surface area contributed by atoms with Crippen LogP contribution in [0.1, 0.15) is 21.6 Å². The molecule has 11 nitrogen and oxygen atoms in total. The van der Waals surface area contributed by atoms with Crippen molar-refractivity contribution < 1.29 is 37.8 Å². The number of pyridine rings is 1. The quantitative estimate of drug-likeness (QED) is 0.403. The Morgan fingerprint density at radius 2 is 1.92 bits per heavy atom. The van der Waals surface area contributed by atoms with Crippen molar-refractivity contribution in [2.45, 2.75) is 6.42 Å². The summed E-state index contributed by atoms with van der Waals surface area (Å²) in [4.78, 5) is 60.4. The number of carbonyl (C=O) groups is 4. The summed E-state index contributed by atoms with van der Waals surface area (Å²) >= 11 is 0. The minimum atomic E-state index is -1.61. The molecule has 1 aromatic heterocycles. The van der Waals surface area contributed by atoms with E-state index in [2.05, 4.69) is 10.3 Å². The zero-order chi connectivity index (χ0) is 27.5. The average Bonchev–Trinajstić information content (AvgIpc) is 3.05. The molecule has 2 aromatic rings. The molecule has 0 saturated carbocycles. The lowest BCUT2D eigenvalue weighted by Gasteiger charge is -2.32. The van der Waals surface area contributed by atoms with E-state index >= 15 is 0 Å². The zero-order valence-corrected chi connectivity index (χ0v) is 21.3. The number of methoxy groups -OCH3 is 1. The summed E-state index contributed by atoms with van der Waals surface area (Å²) in [5.41, 5.74) is 1.36. The predicted octanol–water partition coefficient (Wildman–Crippen LogP) is 0.855. The smallest absolute Gasteiger partial charge is 0.291 e. The van der Waals surface area contributed by atoms with Gasteiger partial charge in [-0.25, -0.2) is 4.39 Å². The highest BCUT2D eigenvalue weighted by atomic mass is 19.1. The van der Waals surface area contributed by atoms with Crippen LogP contribution in [0.4, 0.5) is 10.1 Å². The molecular weight excluding hydrogens is 511 g/mol. The molecule has 0 bridgehead atoms. The summed E-state index contributed by atoms with van der Waals surface area (Å²) in [5, 5.41) is 2.55. The molecule has 0 spiro atoms. The van der Waals surface area contributed by atoms with Gasteiger partial charge in [0.1, 0.15) is 17.2 Å². The van der Waals surface area contributed by atoms with Gasteiger partial charge in [-0.1, -0.05) is 12.1 Å². The molecule has 1 saturated heterocycles. The van der Waals surface area contributed by atoms with Crippen molar-refractivity contribution in [2.75, 3.05) is 58.0 Å². The first kappa shape index (κ1) is 26.4. The Bertz CT molecular complexity index is 1340. The van der Waals surface area contributed by atoms with E-state index in [1.54, 1.807) is 17.0 Å². The summed E-state index contributed by atoms with van der Waals surface area (Å²) in [6, 6.07) is 5.87. The van der Waals surface area contributed by atoms with Gasteiger partial charge in [0, 0.05) is 44.9 Å². The number of rotatable bonds is 7. The van der Waals surface area contributed by atoms with Crippen LogP contribution in [-0.2, 0) is 30.3 Å². The van der Waals surface area contributed by atoms with E-state index in [1.807, 2.05) is 0 Å². The fourth-order valence-electron chi connectivity index (χ4n) is 4.70. The highest BCUT2D eigenvalue weighted by Gasteiger charge is 2.44. The van der Waals surface area contributed by atoms with Crippen molar-refractivity contribution in [3.63, 3.8) is 0 Å². The number of anilines is 1. The minimum absolute atomic E-state index is 0.0369. The number of nitrogens with zero attached hydrogens (tertiary/aromatic N) is 3.